The minimum Gasteiger partial charge on any atom is -0.280 e. The van der Waals surface area contributed by atoms with Crippen LogP contribution in [0.2, 0.25) is 0 Å². The van der Waals surface area contributed by atoms with Gasteiger partial charge in [-0.3, -0.25) is 4.72 Å². The molecule has 4 rings (SSSR count). The molecule has 0 aromatic heterocycles. The van der Waals surface area contributed by atoms with Crippen LogP contribution in [0.25, 0.3) is 10.8 Å². The maximum Gasteiger partial charge on any atom is 0.261 e. The first-order valence-electron chi connectivity index (χ1n) is 8.98. The highest BCUT2D eigenvalue weighted by atomic mass is 32.2. The molecule has 1 saturated heterocycles. The molecule has 1 fully saturated rings. The van der Waals surface area contributed by atoms with E-state index >= 15 is 0 Å². The van der Waals surface area contributed by atoms with E-state index in [1.807, 2.05) is 24.3 Å². The van der Waals surface area contributed by atoms with Gasteiger partial charge in [0.2, 0.25) is 10.0 Å². The molecule has 3 aromatic carbocycles. The van der Waals surface area contributed by atoms with Gasteiger partial charge in [-0.2, -0.15) is 4.31 Å². The van der Waals surface area contributed by atoms with Crippen molar-refractivity contribution in [1.82, 2.24) is 4.31 Å². The average Bonchev–Trinajstić information content (AvgIpc) is 3.23. The Hall–Kier alpha value is -2.42. The number of sulfonamides is 2. The molecule has 0 atom stereocenters. The first kappa shape index (κ1) is 18.9. The highest BCUT2D eigenvalue weighted by Gasteiger charge is 2.27. The molecule has 8 heteroatoms. The van der Waals surface area contributed by atoms with Gasteiger partial charge < -0.3 is 0 Å². The summed E-state index contributed by atoms with van der Waals surface area (Å²) < 4.78 is 54.5. The van der Waals surface area contributed by atoms with Crippen LogP contribution in [0.5, 0.6) is 0 Å². The van der Waals surface area contributed by atoms with Crippen LogP contribution in [0.4, 0.5) is 5.69 Å². The van der Waals surface area contributed by atoms with Gasteiger partial charge in [0, 0.05) is 18.8 Å². The summed E-state index contributed by atoms with van der Waals surface area (Å²) in [5.41, 5.74) is 0.313. The monoisotopic (exact) mass is 416 g/mol. The predicted octanol–water partition coefficient (Wildman–Crippen LogP) is 3.43. The number of nitrogens with zero attached hydrogens (tertiary/aromatic N) is 1. The van der Waals surface area contributed by atoms with E-state index in [2.05, 4.69) is 4.72 Å². The highest BCUT2D eigenvalue weighted by molar-refractivity contribution is 7.92. The van der Waals surface area contributed by atoms with Crippen molar-refractivity contribution < 1.29 is 16.8 Å². The van der Waals surface area contributed by atoms with Gasteiger partial charge in [-0.25, -0.2) is 16.8 Å². The van der Waals surface area contributed by atoms with Crippen molar-refractivity contribution in [1.29, 1.82) is 0 Å². The van der Waals surface area contributed by atoms with Crippen molar-refractivity contribution in [2.75, 3.05) is 17.8 Å². The van der Waals surface area contributed by atoms with Crippen LogP contribution in [-0.2, 0) is 20.0 Å². The normalized spacial score (nSPS) is 15.7. The Morgan fingerprint density at radius 2 is 1.32 bits per heavy atom. The molecular weight excluding hydrogens is 396 g/mol. The lowest BCUT2D eigenvalue weighted by Crippen LogP contribution is -2.27. The summed E-state index contributed by atoms with van der Waals surface area (Å²) >= 11 is 0. The van der Waals surface area contributed by atoms with Gasteiger partial charge in [0.25, 0.3) is 10.0 Å². The number of hydrogen-bond acceptors (Lipinski definition) is 4. The molecular formula is C20H20N2O4S2. The number of nitrogens with one attached hydrogen (secondary N) is 1. The third kappa shape index (κ3) is 3.63. The minimum absolute atomic E-state index is 0.153. The van der Waals surface area contributed by atoms with Crippen LogP contribution in [0, 0.1) is 0 Å². The quantitative estimate of drug-likeness (QED) is 0.691. The standard InChI is InChI=1S/C20H20N2O4S2/c23-27(24,20-10-7-16-5-1-2-6-17(16)15-20)21-18-8-11-19(12-9-18)28(25,26)22-13-3-4-14-22/h1-2,5-12,15,21H,3-4,13-14H2. The lowest BCUT2D eigenvalue weighted by atomic mass is 10.1. The molecule has 1 aliphatic rings. The van der Waals surface area contributed by atoms with E-state index < -0.39 is 20.0 Å². The lowest BCUT2D eigenvalue weighted by molar-refractivity contribution is 0.477. The Morgan fingerprint density at radius 1 is 0.714 bits per heavy atom. The smallest absolute Gasteiger partial charge is 0.261 e. The Labute approximate surface area is 164 Å². The molecule has 3 aromatic rings. The fraction of sp³-hybridized carbons (Fsp3) is 0.200. The summed E-state index contributed by atoms with van der Waals surface area (Å²) in [6, 6.07) is 18.3. The van der Waals surface area contributed by atoms with E-state index in [1.54, 1.807) is 18.2 Å². The number of rotatable bonds is 5. The third-order valence-electron chi connectivity index (χ3n) is 4.84. The fourth-order valence-corrected chi connectivity index (χ4v) is 5.93. The zero-order chi connectivity index (χ0) is 19.8. The van der Waals surface area contributed by atoms with Gasteiger partial charge >= 0.3 is 0 Å². The van der Waals surface area contributed by atoms with Gasteiger partial charge in [0.15, 0.2) is 0 Å². The minimum atomic E-state index is -3.78. The Bertz CT molecular complexity index is 1210. The summed E-state index contributed by atoms with van der Waals surface area (Å²) in [6.45, 7) is 1.05. The fourth-order valence-electron chi connectivity index (χ4n) is 3.32. The SMILES string of the molecule is O=S(=O)(Nc1ccc(S(=O)(=O)N2CCCC2)cc1)c1ccc2ccccc2c1. The first-order valence-corrected chi connectivity index (χ1v) is 11.9. The Kier molecular flexibility index (Phi) is 4.86. The number of fused-ring (bicyclic) bond motifs is 1. The van der Waals surface area contributed by atoms with Crippen LogP contribution in [0.1, 0.15) is 12.8 Å². The van der Waals surface area contributed by atoms with Gasteiger partial charge in [-0.1, -0.05) is 30.3 Å². The maximum absolute atomic E-state index is 12.7. The number of hydrogen-bond donors (Lipinski definition) is 1. The summed E-state index contributed by atoms with van der Waals surface area (Å²) in [6.07, 6.45) is 1.73. The second-order valence-electron chi connectivity index (χ2n) is 6.75. The van der Waals surface area contributed by atoms with Gasteiger partial charge in [0.1, 0.15) is 0 Å². The molecule has 28 heavy (non-hydrogen) atoms. The predicted molar refractivity (Wildman–Crippen MR) is 109 cm³/mol. The van der Waals surface area contributed by atoms with Crippen molar-refractivity contribution in [3.63, 3.8) is 0 Å². The average molecular weight is 417 g/mol. The molecule has 0 saturated carbocycles. The largest absolute Gasteiger partial charge is 0.280 e. The molecule has 1 heterocycles. The highest BCUT2D eigenvalue weighted by Crippen LogP contribution is 2.24. The molecule has 146 valence electrons. The summed E-state index contributed by atoms with van der Waals surface area (Å²) in [4.78, 5) is 0.322. The maximum atomic E-state index is 12.7. The zero-order valence-corrected chi connectivity index (χ0v) is 16.7. The van der Waals surface area contributed by atoms with Crippen molar-refractivity contribution in [3.8, 4) is 0 Å². The second-order valence-corrected chi connectivity index (χ2v) is 10.4. The molecule has 0 unspecified atom stereocenters. The molecule has 0 amide bonds. The van der Waals surface area contributed by atoms with Crippen LogP contribution < -0.4 is 4.72 Å². The number of anilines is 1. The van der Waals surface area contributed by atoms with Crippen LogP contribution in [-0.4, -0.2) is 34.2 Å². The molecule has 0 radical (unpaired) electrons. The third-order valence-corrected chi connectivity index (χ3v) is 8.13. The van der Waals surface area contributed by atoms with E-state index in [9.17, 15) is 16.8 Å². The lowest BCUT2D eigenvalue weighted by Gasteiger charge is -2.16. The van der Waals surface area contributed by atoms with Gasteiger partial charge in [-0.05, 0) is 60.0 Å². The van der Waals surface area contributed by atoms with Crippen LogP contribution in [0.3, 0.4) is 0 Å². The summed E-state index contributed by atoms with van der Waals surface area (Å²) in [7, 11) is -7.30. The summed E-state index contributed by atoms with van der Waals surface area (Å²) in [5, 5.41) is 1.79. The van der Waals surface area contributed by atoms with E-state index in [0.29, 0.717) is 18.8 Å². The van der Waals surface area contributed by atoms with E-state index in [4.69, 9.17) is 0 Å². The van der Waals surface area contributed by atoms with Crippen molar-refractivity contribution in [3.05, 3.63) is 66.7 Å². The van der Waals surface area contributed by atoms with E-state index in [1.165, 1.54) is 28.6 Å². The number of benzene rings is 3. The van der Waals surface area contributed by atoms with Gasteiger partial charge in [-0.15, -0.1) is 0 Å². The van der Waals surface area contributed by atoms with Crippen LogP contribution >= 0.6 is 0 Å². The Morgan fingerprint density at radius 3 is 2.00 bits per heavy atom. The second kappa shape index (κ2) is 7.20. The van der Waals surface area contributed by atoms with Crippen molar-refractivity contribution in [2.45, 2.75) is 22.6 Å². The Balaban J connectivity index is 1.57. The molecule has 1 aliphatic heterocycles. The topological polar surface area (TPSA) is 83.5 Å². The van der Waals surface area contributed by atoms with Crippen molar-refractivity contribution >= 4 is 36.5 Å². The molecule has 0 bridgehead atoms. The molecule has 6 nitrogen and oxygen atoms in total. The van der Waals surface area contributed by atoms with Crippen LogP contribution in [0.15, 0.2) is 76.5 Å². The molecule has 0 spiro atoms. The first-order chi connectivity index (χ1) is 13.4. The zero-order valence-electron chi connectivity index (χ0n) is 15.1. The van der Waals surface area contributed by atoms with E-state index in [0.717, 1.165) is 23.6 Å². The van der Waals surface area contributed by atoms with E-state index in [-0.39, 0.29) is 9.79 Å². The van der Waals surface area contributed by atoms with Gasteiger partial charge in [0.05, 0.1) is 9.79 Å². The summed E-state index contributed by atoms with van der Waals surface area (Å²) in [5.74, 6) is 0. The van der Waals surface area contributed by atoms with Crippen molar-refractivity contribution in [2.24, 2.45) is 0 Å². The molecule has 1 N–H and O–H groups in total. The molecule has 0 aliphatic carbocycles.